The molecule has 0 saturated heterocycles. The van der Waals surface area contributed by atoms with Crippen molar-refractivity contribution in [3.8, 4) is 5.75 Å². The number of hydrogen-bond acceptors (Lipinski definition) is 5. The van der Waals surface area contributed by atoms with Gasteiger partial charge < -0.3 is 14.8 Å². The Morgan fingerprint density at radius 2 is 1.63 bits per heavy atom. The third kappa shape index (κ3) is 4.89. The molecule has 0 aliphatic carbocycles. The Kier molecular flexibility index (Phi) is 6.90. The Morgan fingerprint density at radius 3 is 2.23 bits per heavy atom. The van der Waals surface area contributed by atoms with E-state index in [9.17, 15) is 9.59 Å². The summed E-state index contributed by atoms with van der Waals surface area (Å²) in [6.45, 7) is 7.26. The molecular formula is C24H28N2O4. The molecule has 0 aromatic heterocycles. The molecule has 0 bridgehead atoms. The molecule has 0 unspecified atom stereocenters. The summed E-state index contributed by atoms with van der Waals surface area (Å²) in [5.41, 5.74) is 3.16. The van der Waals surface area contributed by atoms with Gasteiger partial charge in [-0.3, -0.25) is 14.5 Å². The highest BCUT2D eigenvalue weighted by molar-refractivity contribution is 6.36. The van der Waals surface area contributed by atoms with Crippen LogP contribution >= 0.6 is 0 Å². The zero-order valence-electron chi connectivity index (χ0n) is 17.9. The molecule has 2 aromatic rings. The lowest BCUT2D eigenvalue weighted by molar-refractivity contribution is -0.137. The van der Waals surface area contributed by atoms with Crippen molar-refractivity contribution < 1.29 is 19.1 Å². The monoisotopic (exact) mass is 408 g/mol. The van der Waals surface area contributed by atoms with Crippen molar-refractivity contribution in [1.82, 2.24) is 4.90 Å². The first-order chi connectivity index (χ1) is 14.4. The normalized spacial score (nSPS) is 14.1. The van der Waals surface area contributed by atoms with Crippen LogP contribution < -0.4 is 10.1 Å². The highest BCUT2D eigenvalue weighted by atomic mass is 16.5. The highest BCUT2D eigenvalue weighted by Crippen LogP contribution is 2.31. The molecule has 1 aliphatic rings. The second-order valence-electron chi connectivity index (χ2n) is 7.72. The fourth-order valence-electron chi connectivity index (χ4n) is 3.11. The van der Waals surface area contributed by atoms with E-state index in [1.54, 1.807) is 7.11 Å². The van der Waals surface area contributed by atoms with Gasteiger partial charge in [-0.25, -0.2) is 0 Å². The molecule has 0 atom stereocenters. The minimum absolute atomic E-state index is 0.201. The number of carbonyl (C=O) groups is 2. The Hall–Kier alpha value is -3.12. The van der Waals surface area contributed by atoms with E-state index in [1.165, 1.54) is 4.90 Å². The van der Waals surface area contributed by atoms with Gasteiger partial charge >= 0.3 is 0 Å². The SMILES string of the molecule is COCCN1C(=O)C(Nc2ccc(C)cc2)=C(c2ccc(OCC(C)C)cc2)C1=O. The summed E-state index contributed by atoms with van der Waals surface area (Å²) in [6.07, 6.45) is 0. The van der Waals surface area contributed by atoms with Crippen LogP contribution in [0.5, 0.6) is 5.75 Å². The molecule has 1 aliphatic heterocycles. The molecule has 2 aromatic carbocycles. The van der Waals surface area contributed by atoms with Crippen LogP contribution in [-0.4, -0.2) is 43.6 Å². The summed E-state index contributed by atoms with van der Waals surface area (Å²) in [7, 11) is 1.54. The van der Waals surface area contributed by atoms with Gasteiger partial charge in [-0.2, -0.15) is 0 Å². The molecule has 0 radical (unpaired) electrons. The highest BCUT2D eigenvalue weighted by Gasteiger charge is 2.38. The number of ether oxygens (including phenoxy) is 2. The number of rotatable bonds is 9. The summed E-state index contributed by atoms with van der Waals surface area (Å²) in [5, 5.41) is 3.15. The number of carbonyl (C=O) groups excluding carboxylic acids is 2. The molecule has 6 nitrogen and oxygen atoms in total. The summed E-state index contributed by atoms with van der Waals surface area (Å²) < 4.78 is 10.8. The van der Waals surface area contributed by atoms with Crippen LogP contribution in [0, 0.1) is 12.8 Å². The average Bonchev–Trinajstić information content (AvgIpc) is 2.96. The topological polar surface area (TPSA) is 67.9 Å². The quantitative estimate of drug-likeness (QED) is 0.638. The maximum atomic E-state index is 13.1. The van der Waals surface area contributed by atoms with Crippen molar-refractivity contribution in [2.75, 3.05) is 32.2 Å². The van der Waals surface area contributed by atoms with Crippen LogP contribution in [0.25, 0.3) is 5.57 Å². The second kappa shape index (κ2) is 9.59. The lowest BCUT2D eigenvalue weighted by Gasteiger charge is -2.14. The zero-order valence-corrected chi connectivity index (χ0v) is 17.9. The van der Waals surface area contributed by atoms with Crippen molar-refractivity contribution in [3.05, 3.63) is 65.4 Å². The molecule has 0 saturated carbocycles. The lowest BCUT2D eigenvalue weighted by atomic mass is 10.0. The molecule has 0 fully saturated rings. The summed E-state index contributed by atoms with van der Waals surface area (Å²) in [5.74, 6) is 0.463. The van der Waals surface area contributed by atoms with Crippen LogP contribution in [-0.2, 0) is 14.3 Å². The first-order valence-electron chi connectivity index (χ1n) is 10.1. The van der Waals surface area contributed by atoms with Crippen molar-refractivity contribution in [2.24, 2.45) is 5.92 Å². The number of aryl methyl sites for hydroxylation is 1. The number of anilines is 1. The number of imide groups is 1. The minimum Gasteiger partial charge on any atom is -0.493 e. The van der Waals surface area contributed by atoms with Crippen molar-refractivity contribution in [1.29, 1.82) is 0 Å². The van der Waals surface area contributed by atoms with Crippen molar-refractivity contribution in [2.45, 2.75) is 20.8 Å². The van der Waals surface area contributed by atoms with E-state index in [0.29, 0.717) is 23.7 Å². The Balaban J connectivity index is 1.93. The van der Waals surface area contributed by atoms with Crippen LogP contribution in [0.3, 0.4) is 0 Å². The smallest absolute Gasteiger partial charge is 0.278 e. The third-order valence-corrected chi connectivity index (χ3v) is 4.73. The molecule has 1 heterocycles. The molecule has 158 valence electrons. The fraction of sp³-hybridized carbons (Fsp3) is 0.333. The summed E-state index contributed by atoms with van der Waals surface area (Å²) in [6, 6.07) is 14.9. The standard InChI is InChI=1S/C24H28N2O4/c1-16(2)15-30-20-11-7-18(8-12-20)21-22(25-19-9-5-17(3)6-10-19)24(28)26(23(21)27)13-14-29-4/h5-12,16,25H,13-15H2,1-4H3. The maximum Gasteiger partial charge on any atom is 0.278 e. The van der Waals surface area contributed by atoms with E-state index in [1.807, 2.05) is 55.5 Å². The molecule has 1 N–H and O–H groups in total. The van der Waals surface area contributed by atoms with Crippen LogP contribution in [0.2, 0.25) is 0 Å². The predicted molar refractivity (Wildman–Crippen MR) is 117 cm³/mol. The van der Waals surface area contributed by atoms with Crippen LogP contribution in [0.4, 0.5) is 5.69 Å². The first-order valence-corrected chi connectivity index (χ1v) is 10.1. The number of amides is 2. The second-order valence-corrected chi connectivity index (χ2v) is 7.72. The fourth-order valence-corrected chi connectivity index (χ4v) is 3.11. The van der Waals surface area contributed by atoms with E-state index < -0.39 is 0 Å². The van der Waals surface area contributed by atoms with Gasteiger partial charge in [0.25, 0.3) is 11.8 Å². The average molecular weight is 408 g/mol. The van der Waals surface area contributed by atoms with E-state index in [0.717, 1.165) is 17.0 Å². The first kappa shape index (κ1) is 21.6. The van der Waals surface area contributed by atoms with E-state index in [-0.39, 0.29) is 30.7 Å². The van der Waals surface area contributed by atoms with E-state index >= 15 is 0 Å². The largest absolute Gasteiger partial charge is 0.493 e. The number of benzene rings is 2. The minimum atomic E-state index is -0.354. The molecule has 3 rings (SSSR count). The molecule has 2 amide bonds. The van der Waals surface area contributed by atoms with Gasteiger partial charge in [0, 0.05) is 12.8 Å². The van der Waals surface area contributed by atoms with Gasteiger partial charge in [0.1, 0.15) is 11.4 Å². The van der Waals surface area contributed by atoms with Gasteiger partial charge in [0.2, 0.25) is 0 Å². The summed E-state index contributed by atoms with van der Waals surface area (Å²) >= 11 is 0. The Morgan fingerprint density at radius 1 is 0.967 bits per heavy atom. The van der Waals surface area contributed by atoms with E-state index in [2.05, 4.69) is 19.2 Å². The maximum absolute atomic E-state index is 13.1. The number of nitrogens with one attached hydrogen (secondary N) is 1. The van der Waals surface area contributed by atoms with Crippen molar-refractivity contribution >= 4 is 23.1 Å². The van der Waals surface area contributed by atoms with Gasteiger partial charge in [0.15, 0.2) is 0 Å². The molecule has 0 spiro atoms. The Bertz CT molecular complexity index is 931. The summed E-state index contributed by atoms with van der Waals surface area (Å²) in [4.78, 5) is 27.3. The van der Waals surface area contributed by atoms with Crippen LogP contribution in [0.15, 0.2) is 54.2 Å². The van der Waals surface area contributed by atoms with Gasteiger partial charge in [-0.1, -0.05) is 43.7 Å². The Labute approximate surface area is 177 Å². The molecule has 30 heavy (non-hydrogen) atoms. The predicted octanol–water partition coefficient (Wildman–Crippen LogP) is 3.87. The molecular weight excluding hydrogens is 380 g/mol. The third-order valence-electron chi connectivity index (χ3n) is 4.73. The number of nitrogens with zero attached hydrogens (tertiary/aromatic N) is 1. The lowest BCUT2D eigenvalue weighted by Crippen LogP contribution is -2.35. The van der Waals surface area contributed by atoms with Crippen LogP contribution in [0.1, 0.15) is 25.0 Å². The number of hydrogen-bond donors (Lipinski definition) is 1. The van der Waals surface area contributed by atoms with E-state index in [4.69, 9.17) is 9.47 Å². The van der Waals surface area contributed by atoms with Crippen molar-refractivity contribution in [3.63, 3.8) is 0 Å². The number of methoxy groups -OCH3 is 1. The van der Waals surface area contributed by atoms with Gasteiger partial charge in [-0.15, -0.1) is 0 Å². The van der Waals surface area contributed by atoms with Gasteiger partial charge in [0.05, 0.1) is 25.3 Å². The molecule has 6 heteroatoms. The van der Waals surface area contributed by atoms with Gasteiger partial charge in [-0.05, 0) is 42.7 Å². The zero-order chi connectivity index (χ0) is 21.7.